The molecule has 0 spiro atoms. The number of aromatic nitrogens is 1. The molecule has 5 nitrogen and oxygen atoms in total. The van der Waals surface area contributed by atoms with E-state index in [-0.39, 0.29) is 5.91 Å². The Balaban J connectivity index is 1.50. The molecule has 0 saturated carbocycles. The predicted molar refractivity (Wildman–Crippen MR) is 110 cm³/mol. The topological polar surface area (TPSA) is 60.5 Å². The molecule has 0 aliphatic rings. The zero-order valence-corrected chi connectivity index (χ0v) is 15.9. The quantitative estimate of drug-likeness (QED) is 0.529. The number of hydrogen-bond acceptors (Lipinski definition) is 4. The molecule has 0 atom stereocenters. The van der Waals surface area contributed by atoms with Crippen molar-refractivity contribution in [1.82, 2.24) is 4.98 Å². The number of anilines is 1. The van der Waals surface area contributed by atoms with Crippen LogP contribution in [0.3, 0.4) is 0 Å². The SMILES string of the molecule is CCCCC(=O)Nc1ccc(Oc2ccc(OCc3ccccc3)cc2)nc1. The van der Waals surface area contributed by atoms with E-state index in [0.717, 1.165) is 24.2 Å². The van der Waals surface area contributed by atoms with Crippen molar-refractivity contribution in [2.45, 2.75) is 32.8 Å². The van der Waals surface area contributed by atoms with Crippen LogP contribution in [0.4, 0.5) is 5.69 Å². The number of carbonyl (C=O) groups excluding carboxylic acids is 1. The molecule has 1 heterocycles. The lowest BCUT2D eigenvalue weighted by Gasteiger charge is -2.09. The average molecular weight is 376 g/mol. The van der Waals surface area contributed by atoms with Crippen molar-refractivity contribution in [2.24, 2.45) is 0 Å². The van der Waals surface area contributed by atoms with E-state index in [9.17, 15) is 4.79 Å². The molecule has 0 aliphatic heterocycles. The molecule has 0 bridgehead atoms. The third kappa shape index (κ3) is 6.13. The molecule has 5 heteroatoms. The second kappa shape index (κ2) is 10.1. The first-order chi connectivity index (χ1) is 13.7. The highest BCUT2D eigenvalue weighted by molar-refractivity contribution is 5.90. The van der Waals surface area contributed by atoms with E-state index in [1.54, 1.807) is 18.3 Å². The van der Waals surface area contributed by atoms with Gasteiger partial charge in [0.2, 0.25) is 11.8 Å². The normalized spacial score (nSPS) is 10.3. The van der Waals surface area contributed by atoms with Crippen molar-refractivity contribution < 1.29 is 14.3 Å². The van der Waals surface area contributed by atoms with Crippen molar-refractivity contribution in [2.75, 3.05) is 5.32 Å². The van der Waals surface area contributed by atoms with Crippen molar-refractivity contribution in [1.29, 1.82) is 0 Å². The number of pyridine rings is 1. The summed E-state index contributed by atoms with van der Waals surface area (Å²) in [6.45, 7) is 2.58. The summed E-state index contributed by atoms with van der Waals surface area (Å²) in [4.78, 5) is 16.0. The zero-order valence-electron chi connectivity index (χ0n) is 15.9. The molecule has 0 aliphatic carbocycles. The van der Waals surface area contributed by atoms with Crippen LogP contribution in [0.15, 0.2) is 72.9 Å². The van der Waals surface area contributed by atoms with Crippen molar-refractivity contribution in [3.05, 3.63) is 78.5 Å². The van der Waals surface area contributed by atoms with E-state index >= 15 is 0 Å². The van der Waals surface area contributed by atoms with Crippen LogP contribution in [0.1, 0.15) is 31.7 Å². The Kier molecular flexibility index (Phi) is 7.01. The van der Waals surface area contributed by atoms with Gasteiger partial charge in [-0.1, -0.05) is 43.7 Å². The minimum atomic E-state index is 0.00316. The van der Waals surface area contributed by atoms with Gasteiger partial charge in [-0.05, 0) is 42.3 Å². The smallest absolute Gasteiger partial charge is 0.224 e. The maximum atomic E-state index is 11.7. The van der Waals surface area contributed by atoms with E-state index < -0.39 is 0 Å². The van der Waals surface area contributed by atoms with Crippen LogP contribution < -0.4 is 14.8 Å². The number of rotatable bonds is 9. The van der Waals surface area contributed by atoms with Crippen molar-refractivity contribution >= 4 is 11.6 Å². The first-order valence-corrected chi connectivity index (χ1v) is 9.43. The van der Waals surface area contributed by atoms with Crippen LogP contribution in [0.25, 0.3) is 0 Å². The first-order valence-electron chi connectivity index (χ1n) is 9.43. The number of ether oxygens (including phenoxy) is 2. The predicted octanol–water partition coefficient (Wildman–Crippen LogP) is 5.58. The lowest BCUT2D eigenvalue weighted by atomic mass is 10.2. The number of hydrogen-bond donors (Lipinski definition) is 1. The van der Waals surface area contributed by atoms with Crippen LogP contribution in [-0.4, -0.2) is 10.9 Å². The molecule has 1 aromatic heterocycles. The summed E-state index contributed by atoms with van der Waals surface area (Å²) in [6.07, 6.45) is 3.99. The first kappa shape index (κ1) is 19.4. The Morgan fingerprint density at radius 1 is 0.964 bits per heavy atom. The Bertz CT molecular complexity index is 863. The Morgan fingerprint density at radius 2 is 1.71 bits per heavy atom. The lowest BCUT2D eigenvalue weighted by Crippen LogP contribution is -2.11. The molecule has 3 rings (SSSR count). The van der Waals surface area contributed by atoms with Crippen LogP contribution in [-0.2, 0) is 11.4 Å². The molecule has 144 valence electrons. The molecule has 28 heavy (non-hydrogen) atoms. The van der Waals surface area contributed by atoms with Gasteiger partial charge in [0.15, 0.2) is 0 Å². The second-order valence-corrected chi connectivity index (χ2v) is 6.38. The fourth-order valence-electron chi connectivity index (χ4n) is 2.54. The summed E-state index contributed by atoms with van der Waals surface area (Å²) >= 11 is 0. The molecule has 0 unspecified atom stereocenters. The van der Waals surface area contributed by atoms with E-state index in [1.165, 1.54) is 0 Å². The number of benzene rings is 2. The van der Waals surface area contributed by atoms with Gasteiger partial charge in [-0.2, -0.15) is 0 Å². The summed E-state index contributed by atoms with van der Waals surface area (Å²) in [7, 11) is 0. The van der Waals surface area contributed by atoms with Gasteiger partial charge in [-0.25, -0.2) is 4.98 Å². The van der Waals surface area contributed by atoms with Crippen molar-refractivity contribution in [3.63, 3.8) is 0 Å². The van der Waals surface area contributed by atoms with E-state index in [2.05, 4.69) is 17.2 Å². The number of unbranched alkanes of at least 4 members (excludes halogenated alkanes) is 1. The third-order valence-electron chi connectivity index (χ3n) is 4.07. The van der Waals surface area contributed by atoms with Crippen molar-refractivity contribution in [3.8, 4) is 17.4 Å². The molecule has 2 aromatic carbocycles. The highest BCUT2D eigenvalue weighted by Gasteiger charge is 2.04. The minimum absolute atomic E-state index is 0.00316. The van der Waals surface area contributed by atoms with Gasteiger partial charge in [-0.3, -0.25) is 4.79 Å². The summed E-state index contributed by atoms with van der Waals surface area (Å²) in [6, 6.07) is 20.9. The maximum absolute atomic E-state index is 11.7. The number of carbonyl (C=O) groups is 1. The monoisotopic (exact) mass is 376 g/mol. The van der Waals surface area contributed by atoms with Gasteiger partial charge < -0.3 is 14.8 Å². The van der Waals surface area contributed by atoms with Gasteiger partial charge in [-0.15, -0.1) is 0 Å². The fraction of sp³-hybridized carbons (Fsp3) is 0.217. The molecule has 1 amide bonds. The molecule has 0 radical (unpaired) electrons. The van der Waals surface area contributed by atoms with E-state index in [1.807, 2.05) is 54.6 Å². The van der Waals surface area contributed by atoms with Crippen LogP contribution in [0, 0.1) is 0 Å². The number of nitrogens with one attached hydrogen (secondary N) is 1. The highest BCUT2D eigenvalue weighted by atomic mass is 16.5. The largest absolute Gasteiger partial charge is 0.489 e. The third-order valence-corrected chi connectivity index (χ3v) is 4.07. The van der Waals surface area contributed by atoms with E-state index in [4.69, 9.17) is 9.47 Å². The van der Waals surface area contributed by atoms with Gasteiger partial charge in [0.25, 0.3) is 0 Å². The molecular weight excluding hydrogens is 352 g/mol. The van der Waals surface area contributed by atoms with Gasteiger partial charge >= 0.3 is 0 Å². The molecule has 0 saturated heterocycles. The van der Waals surface area contributed by atoms with Gasteiger partial charge in [0.05, 0.1) is 11.9 Å². The fourth-order valence-corrected chi connectivity index (χ4v) is 2.54. The summed E-state index contributed by atoms with van der Waals surface area (Å²) in [5.74, 6) is 1.90. The van der Waals surface area contributed by atoms with Crippen LogP contribution in [0.2, 0.25) is 0 Å². The molecular formula is C23H24N2O3. The van der Waals surface area contributed by atoms with E-state index in [0.29, 0.717) is 30.3 Å². The lowest BCUT2D eigenvalue weighted by molar-refractivity contribution is -0.116. The highest BCUT2D eigenvalue weighted by Crippen LogP contribution is 2.23. The Hall–Kier alpha value is -3.34. The Labute approximate surface area is 165 Å². The molecule has 1 N–H and O–H groups in total. The number of nitrogens with zero attached hydrogens (tertiary/aromatic N) is 1. The Morgan fingerprint density at radius 3 is 2.39 bits per heavy atom. The molecule has 3 aromatic rings. The second-order valence-electron chi connectivity index (χ2n) is 6.38. The van der Waals surface area contributed by atoms with Crippen LogP contribution >= 0.6 is 0 Å². The minimum Gasteiger partial charge on any atom is -0.489 e. The van der Waals surface area contributed by atoms with Gasteiger partial charge in [0, 0.05) is 12.5 Å². The number of amides is 1. The summed E-state index contributed by atoms with van der Waals surface area (Å²) in [5.41, 5.74) is 1.78. The maximum Gasteiger partial charge on any atom is 0.224 e. The van der Waals surface area contributed by atoms with Gasteiger partial charge in [0.1, 0.15) is 18.1 Å². The summed E-state index contributed by atoms with van der Waals surface area (Å²) in [5, 5.41) is 2.83. The molecule has 0 fully saturated rings. The average Bonchev–Trinajstić information content (AvgIpc) is 2.74. The summed E-state index contributed by atoms with van der Waals surface area (Å²) < 4.78 is 11.5. The zero-order chi connectivity index (χ0) is 19.6. The van der Waals surface area contributed by atoms with Crippen LogP contribution in [0.5, 0.6) is 17.4 Å². The standard InChI is InChI=1S/C23H24N2O3/c1-2-3-9-22(26)25-19-10-15-23(24-16-19)28-21-13-11-20(12-14-21)27-17-18-7-5-4-6-8-18/h4-8,10-16H,2-3,9,17H2,1H3,(H,25,26).